The minimum absolute atomic E-state index is 0.166. The van der Waals surface area contributed by atoms with Crippen LogP contribution in [0.15, 0.2) is 30.3 Å². The van der Waals surface area contributed by atoms with Gasteiger partial charge in [-0.05, 0) is 32.8 Å². The molecule has 0 aromatic heterocycles. The molecule has 1 aromatic carbocycles. The monoisotopic (exact) mass is 262 g/mol. The number of benzene rings is 1. The molecule has 0 saturated heterocycles. The molecule has 0 fully saturated rings. The first-order valence-corrected chi connectivity index (χ1v) is 7.11. The van der Waals surface area contributed by atoms with Crippen LogP contribution in [0.4, 0.5) is 0 Å². The fourth-order valence-corrected chi connectivity index (χ4v) is 1.85. The number of carbonyl (C=O) groups excluding carboxylic acids is 1. The summed E-state index contributed by atoms with van der Waals surface area (Å²) in [6.45, 7) is 9.43. The van der Waals surface area contributed by atoms with Crippen molar-refractivity contribution in [2.45, 2.75) is 52.7 Å². The lowest BCUT2D eigenvalue weighted by atomic mass is 10.2. The number of hydrogen-bond acceptors (Lipinski definition) is 2. The highest BCUT2D eigenvalue weighted by Gasteiger charge is 2.17. The lowest BCUT2D eigenvalue weighted by Gasteiger charge is -2.27. The maximum absolute atomic E-state index is 12.3. The average Bonchev–Trinajstić information content (AvgIpc) is 2.42. The molecule has 0 spiro atoms. The molecule has 3 heteroatoms. The first kappa shape index (κ1) is 15.7. The zero-order chi connectivity index (χ0) is 14.3. The lowest BCUT2D eigenvalue weighted by Crippen LogP contribution is -2.43. The minimum atomic E-state index is 0.166. The van der Waals surface area contributed by atoms with Crippen LogP contribution in [0, 0.1) is 0 Å². The van der Waals surface area contributed by atoms with E-state index in [0.29, 0.717) is 19.1 Å². The van der Waals surface area contributed by atoms with Gasteiger partial charge in [0.15, 0.2) is 0 Å². The van der Waals surface area contributed by atoms with Crippen molar-refractivity contribution in [3.05, 3.63) is 35.9 Å². The van der Waals surface area contributed by atoms with Crippen LogP contribution < -0.4 is 5.32 Å². The second kappa shape index (κ2) is 7.95. The summed E-state index contributed by atoms with van der Waals surface area (Å²) in [4.78, 5) is 14.2. The Morgan fingerprint density at radius 1 is 1.21 bits per heavy atom. The molecule has 0 aliphatic heterocycles. The zero-order valence-electron chi connectivity index (χ0n) is 12.5. The second-order valence-electron chi connectivity index (χ2n) is 5.29. The first-order valence-electron chi connectivity index (χ1n) is 7.11. The Labute approximate surface area is 117 Å². The zero-order valence-corrected chi connectivity index (χ0v) is 12.5. The third-order valence-electron chi connectivity index (χ3n) is 3.35. The quantitative estimate of drug-likeness (QED) is 0.819. The van der Waals surface area contributed by atoms with Crippen molar-refractivity contribution in [1.82, 2.24) is 10.2 Å². The summed E-state index contributed by atoms with van der Waals surface area (Å²) in [5.74, 6) is 0.166. The standard InChI is InChI=1S/C16H26N2O/c1-5-14(4)17-11-16(19)18(13(2)3)12-15-9-7-6-8-10-15/h6-10,13-14,17H,5,11-12H2,1-4H3. The highest BCUT2D eigenvalue weighted by atomic mass is 16.2. The van der Waals surface area contributed by atoms with Crippen molar-refractivity contribution in [3.63, 3.8) is 0 Å². The minimum Gasteiger partial charge on any atom is -0.335 e. The molecule has 1 unspecified atom stereocenters. The highest BCUT2D eigenvalue weighted by molar-refractivity contribution is 5.78. The molecule has 3 nitrogen and oxygen atoms in total. The molecule has 0 radical (unpaired) electrons. The number of nitrogens with zero attached hydrogens (tertiary/aromatic N) is 1. The van der Waals surface area contributed by atoms with E-state index in [1.807, 2.05) is 23.1 Å². The summed E-state index contributed by atoms with van der Waals surface area (Å²) in [7, 11) is 0. The molecule has 1 aromatic rings. The van der Waals surface area contributed by atoms with Crippen molar-refractivity contribution in [3.8, 4) is 0 Å². The molecule has 19 heavy (non-hydrogen) atoms. The van der Waals surface area contributed by atoms with Crippen LogP contribution in [0.5, 0.6) is 0 Å². The van der Waals surface area contributed by atoms with Gasteiger partial charge in [-0.2, -0.15) is 0 Å². The van der Waals surface area contributed by atoms with Crippen molar-refractivity contribution in [2.24, 2.45) is 0 Å². The van der Waals surface area contributed by atoms with Gasteiger partial charge in [-0.3, -0.25) is 4.79 Å². The largest absolute Gasteiger partial charge is 0.335 e. The predicted octanol–water partition coefficient (Wildman–Crippen LogP) is 2.81. The summed E-state index contributed by atoms with van der Waals surface area (Å²) in [6, 6.07) is 10.7. The molecule has 1 N–H and O–H groups in total. The van der Waals surface area contributed by atoms with E-state index in [4.69, 9.17) is 0 Å². The molecule has 1 rings (SSSR count). The third kappa shape index (κ3) is 5.43. The highest BCUT2D eigenvalue weighted by Crippen LogP contribution is 2.08. The van der Waals surface area contributed by atoms with Crippen LogP contribution in [-0.2, 0) is 11.3 Å². The number of carbonyl (C=O) groups is 1. The fraction of sp³-hybridized carbons (Fsp3) is 0.562. The summed E-state index contributed by atoms with van der Waals surface area (Å²) in [5, 5.41) is 3.26. The number of rotatable bonds is 7. The second-order valence-corrected chi connectivity index (χ2v) is 5.29. The summed E-state index contributed by atoms with van der Waals surface area (Å²) < 4.78 is 0. The summed E-state index contributed by atoms with van der Waals surface area (Å²) in [6.07, 6.45) is 1.04. The molecule has 106 valence electrons. The van der Waals surface area contributed by atoms with E-state index in [-0.39, 0.29) is 11.9 Å². The van der Waals surface area contributed by atoms with Crippen molar-refractivity contribution < 1.29 is 4.79 Å². The van der Waals surface area contributed by atoms with Gasteiger partial charge in [-0.25, -0.2) is 0 Å². The Bertz CT molecular complexity index is 376. The van der Waals surface area contributed by atoms with Gasteiger partial charge in [0.1, 0.15) is 0 Å². The van der Waals surface area contributed by atoms with Crippen LogP contribution in [0.2, 0.25) is 0 Å². The fourth-order valence-electron chi connectivity index (χ4n) is 1.85. The Balaban J connectivity index is 2.59. The average molecular weight is 262 g/mol. The van der Waals surface area contributed by atoms with Gasteiger partial charge >= 0.3 is 0 Å². The lowest BCUT2D eigenvalue weighted by molar-refractivity contribution is -0.132. The Morgan fingerprint density at radius 3 is 2.37 bits per heavy atom. The maximum atomic E-state index is 12.3. The van der Waals surface area contributed by atoms with E-state index in [2.05, 4.69) is 45.1 Å². The molecule has 0 bridgehead atoms. The first-order chi connectivity index (χ1) is 9.04. The van der Waals surface area contributed by atoms with Crippen LogP contribution in [-0.4, -0.2) is 29.4 Å². The molecule has 1 amide bonds. The normalized spacial score (nSPS) is 12.5. The van der Waals surface area contributed by atoms with E-state index >= 15 is 0 Å². The smallest absolute Gasteiger partial charge is 0.237 e. The van der Waals surface area contributed by atoms with Crippen LogP contribution >= 0.6 is 0 Å². The topological polar surface area (TPSA) is 32.3 Å². The number of hydrogen-bond donors (Lipinski definition) is 1. The van der Waals surface area contributed by atoms with Crippen LogP contribution in [0.1, 0.15) is 39.7 Å². The molecule has 0 aliphatic rings. The van der Waals surface area contributed by atoms with E-state index < -0.39 is 0 Å². The Morgan fingerprint density at radius 2 is 1.84 bits per heavy atom. The van der Waals surface area contributed by atoms with Gasteiger partial charge in [0.2, 0.25) is 5.91 Å². The van der Waals surface area contributed by atoms with Gasteiger partial charge < -0.3 is 10.2 Å². The van der Waals surface area contributed by atoms with Crippen LogP contribution in [0.3, 0.4) is 0 Å². The summed E-state index contributed by atoms with van der Waals surface area (Å²) in [5.41, 5.74) is 1.17. The third-order valence-corrected chi connectivity index (χ3v) is 3.35. The van der Waals surface area contributed by atoms with Gasteiger partial charge in [-0.15, -0.1) is 0 Å². The van der Waals surface area contributed by atoms with E-state index in [1.54, 1.807) is 0 Å². The number of nitrogens with one attached hydrogen (secondary N) is 1. The van der Waals surface area contributed by atoms with Crippen LogP contribution in [0.25, 0.3) is 0 Å². The predicted molar refractivity (Wildman–Crippen MR) is 79.9 cm³/mol. The van der Waals surface area contributed by atoms with Gasteiger partial charge in [0.25, 0.3) is 0 Å². The Hall–Kier alpha value is -1.35. The molecular formula is C16H26N2O. The van der Waals surface area contributed by atoms with Gasteiger partial charge in [-0.1, -0.05) is 37.3 Å². The number of amides is 1. The van der Waals surface area contributed by atoms with Crippen molar-refractivity contribution in [1.29, 1.82) is 0 Å². The van der Waals surface area contributed by atoms with Crippen molar-refractivity contribution in [2.75, 3.05) is 6.54 Å². The Kier molecular flexibility index (Phi) is 6.57. The van der Waals surface area contributed by atoms with Gasteiger partial charge in [0, 0.05) is 18.6 Å². The SMILES string of the molecule is CCC(C)NCC(=O)N(Cc1ccccc1)C(C)C. The molecule has 1 atom stereocenters. The van der Waals surface area contributed by atoms with Crippen molar-refractivity contribution >= 4 is 5.91 Å². The maximum Gasteiger partial charge on any atom is 0.237 e. The molecule has 0 heterocycles. The van der Waals surface area contributed by atoms with E-state index in [0.717, 1.165) is 6.42 Å². The summed E-state index contributed by atoms with van der Waals surface area (Å²) >= 11 is 0. The van der Waals surface area contributed by atoms with E-state index in [1.165, 1.54) is 5.56 Å². The van der Waals surface area contributed by atoms with E-state index in [9.17, 15) is 4.79 Å². The molecular weight excluding hydrogens is 236 g/mol. The molecule has 0 saturated carbocycles. The molecule has 0 aliphatic carbocycles. The van der Waals surface area contributed by atoms with Gasteiger partial charge in [0.05, 0.1) is 6.54 Å².